The fourth-order valence-electron chi connectivity index (χ4n) is 4.28. The number of para-hydroxylation sites is 1. The van der Waals surface area contributed by atoms with E-state index >= 15 is 0 Å². The van der Waals surface area contributed by atoms with Crippen molar-refractivity contribution in [2.24, 2.45) is 0 Å². The number of nitrogens with one attached hydrogen (secondary N) is 2. The molecule has 1 fully saturated rings. The fourth-order valence-corrected chi connectivity index (χ4v) is 4.28. The van der Waals surface area contributed by atoms with Gasteiger partial charge in [0.25, 0.3) is 5.91 Å². The van der Waals surface area contributed by atoms with Gasteiger partial charge in [0.1, 0.15) is 17.3 Å². The van der Waals surface area contributed by atoms with Crippen LogP contribution in [0, 0.1) is 0 Å². The summed E-state index contributed by atoms with van der Waals surface area (Å²) in [5.41, 5.74) is 1.44. The summed E-state index contributed by atoms with van der Waals surface area (Å²) in [6.45, 7) is 0. The molecule has 2 N–H and O–H groups in total. The monoisotopic (exact) mass is 449 g/mol. The van der Waals surface area contributed by atoms with Gasteiger partial charge in [0.15, 0.2) is 0 Å². The molecule has 8 heteroatoms. The van der Waals surface area contributed by atoms with Crippen molar-refractivity contribution in [1.29, 1.82) is 0 Å². The number of carbonyl (C=O) groups excluding carboxylic acids is 1. The van der Waals surface area contributed by atoms with E-state index in [0.717, 1.165) is 42.4 Å². The third-order valence-electron chi connectivity index (χ3n) is 6.06. The Bertz CT molecular complexity index is 1130. The van der Waals surface area contributed by atoms with E-state index in [0.29, 0.717) is 23.0 Å². The summed E-state index contributed by atoms with van der Waals surface area (Å²) in [7, 11) is 7.12. The van der Waals surface area contributed by atoms with Crippen molar-refractivity contribution in [1.82, 2.24) is 15.3 Å². The number of hydrogen-bond acceptors (Lipinski definition) is 7. The highest BCUT2D eigenvalue weighted by molar-refractivity contribution is 5.97. The van der Waals surface area contributed by atoms with Crippen LogP contribution in [-0.2, 0) is 0 Å². The zero-order valence-electron chi connectivity index (χ0n) is 19.6. The highest BCUT2D eigenvalue weighted by atomic mass is 16.5. The van der Waals surface area contributed by atoms with E-state index in [4.69, 9.17) is 19.4 Å². The van der Waals surface area contributed by atoms with Crippen LogP contribution in [0.3, 0.4) is 0 Å². The maximum atomic E-state index is 12.8. The Morgan fingerprint density at radius 2 is 1.70 bits per heavy atom. The molecule has 2 aromatic carbocycles. The number of rotatable bonds is 7. The van der Waals surface area contributed by atoms with Crippen molar-refractivity contribution in [3.05, 3.63) is 48.0 Å². The first-order valence-electron chi connectivity index (χ1n) is 11.2. The average Bonchev–Trinajstić information content (AvgIpc) is 2.84. The topological polar surface area (TPSA) is 88.6 Å². The van der Waals surface area contributed by atoms with Gasteiger partial charge in [0.05, 0.1) is 25.3 Å². The Balaban J connectivity index is 1.37. The second kappa shape index (κ2) is 9.94. The maximum Gasteiger partial charge on any atom is 0.255 e. The second-order valence-electron chi connectivity index (χ2n) is 8.51. The summed E-state index contributed by atoms with van der Waals surface area (Å²) >= 11 is 0. The first-order chi connectivity index (χ1) is 16.0. The highest BCUT2D eigenvalue weighted by Crippen LogP contribution is 2.28. The molecule has 33 heavy (non-hydrogen) atoms. The maximum absolute atomic E-state index is 12.8. The number of methoxy groups -OCH3 is 2. The molecule has 0 bridgehead atoms. The third kappa shape index (κ3) is 5.10. The van der Waals surface area contributed by atoms with Crippen LogP contribution in [0.4, 0.5) is 11.8 Å². The summed E-state index contributed by atoms with van der Waals surface area (Å²) in [4.78, 5) is 24.3. The Hall–Kier alpha value is -3.55. The molecule has 1 aliphatic carbocycles. The van der Waals surface area contributed by atoms with Crippen LogP contribution >= 0.6 is 0 Å². The van der Waals surface area contributed by atoms with Gasteiger partial charge in [-0.3, -0.25) is 4.79 Å². The Labute approximate surface area is 194 Å². The molecule has 1 saturated carbocycles. The number of benzene rings is 2. The van der Waals surface area contributed by atoms with Crippen molar-refractivity contribution in [3.63, 3.8) is 0 Å². The molecular weight excluding hydrogens is 418 g/mol. The Kier molecular flexibility index (Phi) is 6.82. The Morgan fingerprint density at radius 3 is 2.39 bits per heavy atom. The van der Waals surface area contributed by atoms with E-state index in [2.05, 4.69) is 10.6 Å². The molecule has 1 heterocycles. The second-order valence-corrected chi connectivity index (χ2v) is 8.51. The van der Waals surface area contributed by atoms with Crippen molar-refractivity contribution >= 4 is 28.6 Å². The molecule has 0 spiro atoms. The number of aromatic nitrogens is 2. The highest BCUT2D eigenvalue weighted by Gasteiger charge is 2.25. The molecule has 174 valence electrons. The predicted molar refractivity (Wildman–Crippen MR) is 131 cm³/mol. The first-order valence-corrected chi connectivity index (χ1v) is 11.2. The number of nitrogens with zero attached hydrogens (tertiary/aromatic N) is 3. The van der Waals surface area contributed by atoms with E-state index < -0.39 is 0 Å². The molecule has 0 saturated heterocycles. The van der Waals surface area contributed by atoms with Crippen molar-refractivity contribution in [2.75, 3.05) is 38.5 Å². The average molecular weight is 450 g/mol. The van der Waals surface area contributed by atoms with Gasteiger partial charge < -0.3 is 25.0 Å². The van der Waals surface area contributed by atoms with Crippen LogP contribution in [0.2, 0.25) is 0 Å². The predicted octanol–water partition coefficient (Wildman–Crippen LogP) is 3.87. The van der Waals surface area contributed by atoms with Crippen molar-refractivity contribution in [3.8, 4) is 11.5 Å². The van der Waals surface area contributed by atoms with Gasteiger partial charge in [-0.15, -0.1) is 0 Å². The minimum Gasteiger partial charge on any atom is -0.497 e. The van der Waals surface area contributed by atoms with E-state index in [1.54, 1.807) is 32.4 Å². The van der Waals surface area contributed by atoms with E-state index in [1.165, 1.54) is 0 Å². The number of carbonyl (C=O) groups is 1. The normalized spacial score (nSPS) is 17.9. The summed E-state index contributed by atoms with van der Waals surface area (Å²) < 4.78 is 10.6. The van der Waals surface area contributed by atoms with Gasteiger partial charge in [0.2, 0.25) is 5.95 Å². The molecule has 3 aromatic rings. The zero-order chi connectivity index (χ0) is 23.4. The van der Waals surface area contributed by atoms with Gasteiger partial charge in [-0.25, -0.2) is 4.98 Å². The van der Waals surface area contributed by atoms with Crippen LogP contribution < -0.4 is 25.0 Å². The van der Waals surface area contributed by atoms with Crippen LogP contribution in [-0.4, -0.2) is 56.3 Å². The largest absolute Gasteiger partial charge is 0.497 e. The summed E-state index contributed by atoms with van der Waals surface area (Å²) in [5, 5.41) is 7.70. The first kappa shape index (κ1) is 22.6. The minimum atomic E-state index is -0.126. The smallest absolute Gasteiger partial charge is 0.255 e. The molecule has 1 aliphatic rings. The van der Waals surface area contributed by atoms with Crippen LogP contribution in [0.5, 0.6) is 11.5 Å². The standard InChI is InChI=1S/C25H31N5O3/c1-30(2)23-19-7-5-6-8-21(19)28-25(29-23)27-17-11-9-16(10-12-17)26-24(31)20-14-13-18(32-3)15-22(20)33-4/h5-8,13-17H,9-12H2,1-4H3,(H,26,31)(H,27,28,29)/t16-,17+. The molecule has 4 rings (SSSR count). The number of ether oxygens (including phenoxy) is 2. The Morgan fingerprint density at radius 1 is 0.970 bits per heavy atom. The van der Waals surface area contributed by atoms with Gasteiger partial charge >= 0.3 is 0 Å². The van der Waals surface area contributed by atoms with Gasteiger partial charge in [-0.2, -0.15) is 4.98 Å². The van der Waals surface area contributed by atoms with Gasteiger partial charge in [0, 0.05) is 37.6 Å². The van der Waals surface area contributed by atoms with E-state index in [1.807, 2.05) is 43.3 Å². The lowest BCUT2D eigenvalue weighted by Crippen LogP contribution is -2.40. The molecule has 0 unspecified atom stereocenters. The molecular formula is C25H31N5O3. The minimum absolute atomic E-state index is 0.122. The van der Waals surface area contributed by atoms with E-state index in [-0.39, 0.29) is 18.0 Å². The summed E-state index contributed by atoms with van der Waals surface area (Å²) in [5.74, 6) is 2.58. The molecule has 1 aromatic heterocycles. The quantitative estimate of drug-likeness (QED) is 0.566. The lowest BCUT2D eigenvalue weighted by Gasteiger charge is -2.30. The zero-order valence-corrected chi connectivity index (χ0v) is 19.6. The molecule has 1 amide bonds. The van der Waals surface area contributed by atoms with Gasteiger partial charge in [-0.05, 0) is 49.9 Å². The van der Waals surface area contributed by atoms with Crippen LogP contribution in [0.15, 0.2) is 42.5 Å². The van der Waals surface area contributed by atoms with Crippen LogP contribution in [0.1, 0.15) is 36.0 Å². The van der Waals surface area contributed by atoms with Gasteiger partial charge in [-0.1, -0.05) is 12.1 Å². The molecule has 0 aliphatic heterocycles. The fraction of sp³-hybridized carbons (Fsp3) is 0.400. The van der Waals surface area contributed by atoms with Crippen molar-refractivity contribution < 1.29 is 14.3 Å². The third-order valence-corrected chi connectivity index (χ3v) is 6.06. The van der Waals surface area contributed by atoms with Crippen LogP contribution in [0.25, 0.3) is 10.9 Å². The summed E-state index contributed by atoms with van der Waals surface area (Å²) in [6, 6.07) is 13.7. The molecule has 0 atom stereocenters. The molecule has 8 nitrogen and oxygen atoms in total. The number of amides is 1. The SMILES string of the molecule is COc1ccc(C(=O)N[C@H]2CC[C@@H](Nc3nc(N(C)C)c4ccccc4n3)CC2)c(OC)c1. The number of fused-ring (bicyclic) bond motifs is 1. The number of hydrogen-bond donors (Lipinski definition) is 2. The summed E-state index contributed by atoms with van der Waals surface area (Å²) in [6.07, 6.45) is 3.63. The molecule has 0 radical (unpaired) electrons. The van der Waals surface area contributed by atoms with Crippen molar-refractivity contribution in [2.45, 2.75) is 37.8 Å². The lowest BCUT2D eigenvalue weighted by atomic mass is 9.91. The number of anilines is 2. The lowest BCUT2D eigenvalue weighted by molar-refractivity contribution is 0.0923. The van der Waals surface area contributed by atoms with E-state index in [9.17, 15) is 4.79 Å².